The number of halogens is 3. The summed E-state index contributed by atoms with van der Waals surface area (Å²) in [5.74, 6) is -0.454. The smallest absolute Gasteiger partial charge is 0.464 e. The van der Waals surface area contributed by atoms with E-state index in [4.69, 9.17) is 4.42 Å². The monoisotopic (exact) mass is 266 g/mol. The molecule has 0 aliphatic carbocycles. The van der Waals surface area contributed by atoms with Crippen molar-refractivity contribution < 1.29 is 30.2 Å². The van der Waals surface area contributed by atoms with Crippen LogP contribution in [-0.2, 0) is 10.1 Å². The van der Waals surface area contributed by atoms with Gasteiger partial charge in [-0.2, -0.15) is 21.6 Å². The lowest BCUT2D eigenvalue weighted by Crippen LogP contribution is -2.27. The highest BCUT2D eigenvalue weighted by Gasteiger charge is 2.48. The van der Waals surface area contributed by atoms with E-state index in [9.17, 15) is 21.6 Å². The van der Waals surface area contributed by atoms with Gasteiger partial charge in [-0.15, -0.1) is 0 Å². The van der Waals surface area contributed by atoms with Crippen LogP contribution in [0, 0.1) is 0 Å². The van der Waals surface area contributed by atoms with Crippen LogP contribution < -0.4 is 4.18 Å². The molecule has 92 valence electrons. The first-order chi connectivity index (χ1) is 7.79. The standard InChI is InChI=1S/C9H5F3O4S/c10-9(11,12)17(13,14)16-7-2-1-6-3-4-15-8(6)5-7/h1-5H. The maximum atomic E-state index is 12.0. The van der Waals surface area contributed by atoms with Gasteiger partial charge in [0.1, 0.15) is 11.3 Å². The van der Waals surface area contributed by atoms with E-state index in [1.54, 1.807) is 6.07 Å². The van der Waals surface area contributed by atoms with Crippen molar-refractivity contribution in [2.75, 3.05) is 0 Å². The molecule has 0 aliphatic heterocycles. The molecule has 0 unspecified atom stereocenters. The molecule has 0 saturated carbocycles. The molecule has 0 bridgehead atoms. The molecule has 8 heteroatoms. The van der Waals surface area contributed by atoms with Crippen molar-refractivity contribution in [2.45, 2.75) is 5.51 Å². The van der Waals surface area contributed by atoms with Gasteiger partial charge < -0.3 is 8.60 Å². The van der Waals surface area contributed by atoms with E-state index < -0.39 is 21.4 Å². The van der Waals surface area contributed by atoms with Crippen molar-refractivity contribution in [3.8, 4) is 5.75 Å². The highest BCUT2D eigenvalue weighted by Crippen LogP contribution is 2.28. The van der Waals surface area contributed by atoms with Crippen molar-refractivity contribution in [3.63, 3.8) is 0 Å². The maximum absolute atomic E-state index is 12.0. The Balaban J connectivity index is 2.36. The van der Waals surface area contributed by atoms with Crippen LogP contribution in [0.2, 0.25) is 0 Å². The van der Waals surface area contributed by atoms with E-state index in [-0.39, 0.29) is 5.58 Å². The van der Waals surface area contributed by atoms with Crippen LogP contribution in [0.25, 0.3) is 11.0 Å². The first-order valence-electron chi connectivity index (χ1n) is 4.28. The lowest BCUT2D eigenvalue weighted by molar-refractivity contribution is -0.0500. The largest absolute Gasteiger partial charge is 0.534 e. The summed E-state index contributed by atoms with van der Waals surface area (Å²) in [4.78, 5) is 0. The Hall–Kier alpha value is -1.70. The maximum Gasteiger partial charge on any atom is 0.534 e. The summed E-state index contributed by atoms with van der Waals surface area (Å²) >= 11 is 0. The topological polar surface area (TPSA) is 56.5 Å². The van der Waals surface area contributed by atoms with E-state index in [0.717, 1.165) is 12.1 Å². The van der Waals surface area contributed by atoms with Crippen molar-refractivity contribution in [1.82, 2.24) is 0 Å². The van der Waals surface area contributed by atoms with Gasteiger partial charge in [-0.1, -0.05) is 0 Å². The van der Waals surface area contributed by atoms with Crippen LogP contribution >= 0.6 is 0 Å². The van der Waals surface area contributed by atoms with E-state index in [0.29, 0.717) is 5.39 Å². The molecule has 0 aliphatic rings. The summed E-state index contributed by atoms with van der Waals surface area (Å²) < 4.78 is 66.4. The zero-order chi connectivity index (χ0) is 12.7. The number of rotatable bonds is 2. The second kappa shape index (κ2) is 3.66. The van der Waals surface area contributed by atoms with Crippen LogP contribution in [0.4, 0.5) is 13.2 Å². The molecule has 2 aromatic rings. The predicted octanol–water partition coefficient (Wildman–Crippen LogP) is 2.66. The molecule has 0 atom stereocenters. The summed E-state index contributed by atoms with van der Waals surface area (Å²) in [6.07, 6.45) is 1.33. The SMILES string of the molecule is O=S(=O)(Oc1ccc2ccoc2c1)C(F)(F)F. The molecule has 0 spiro atoms. The normalized spacial score (nSPS) is 12.9. The zero-order valence-corrected chi connectivity index (χ0v) is 8.88. The van der Waals surface area contributed by atoms with Crippen molar-refractivity contribution in [3.05, 3.63) is 30.5 Å². The number of hydrogen-bond acceptors (Lipinski definition) is 4. The summed E-state index contributed by atoms with van der Waals surface area (Å²) in [7, 11) is -5.64. The molecule has 4 nitrogen and oxygen atoms in total. The Morgan fingerprint density at radius 1 is 1.18 bits per heavy atom. The van der Waals surface area contributed by atoms with Gasteiger partial charge in [0.05, 0.1) is 6.26 Å². The van der Waals surface area contributed by atoms with Crippen LogP contribution in [0.3, 0.4) is 0 Å². The molecule has 2 rings (SSSR count). The molecule has 17 heavy (non-hydrogen) atoms. The lowest BCUT2D eigenvalue weighted by Gasteiger charge is -2.08. The Bertz CT molecular complexity index is 642. The van der Waals surface area contributed by atoms with Crippen molar-refractivity contribution in [2.24, 2.45) is 0 Å². The number of furan rings is 1. The van der Waals surface area contributed by atoms with Gasteiger partial charge in [-0.05, 0) is 18.2 Å². The average Bonchev–Trinajstić information content (AvgIpc) is 2.62. The molecule has 0 radical (unpaired) electrons. The Morgan fingerprint density at radius 2 is 1.88 bits per heavy atom. The third-order valence-corrected chi connectivity index (χ3v) is 2.90. The molecule has 0 N–H and O–H groups in total. The van der Waals surface area contributed by atoms with E-state index in [1.165, 1.54) is 12.3 Å². The predicted molar refractivity (Wildman–Crippen MR) is 51.8 cm³/mol. The highest BCUT2D eigenvalue weighted by atomic mass is 32.2. The summed E-state index contributed by atoms with van der Waals surface area (Å²) in [6, 6.07) is 5.15. The van der Waals surface area contributed by atoms with Gasteiger partial charge in [0, 0.05) is 11.5 Å². The highest BCUT2D eigenvalue weighted by molar-refractivity contribution is 7.88. The van der Waals surface area contributed by atoms with Crippen LogP contribution in [0.1, 0.15) is 0 Å². The quantitative estimate of drug-likeness (QED) is 0.619. The molecule has 0 amide bonds. The van der Waals surface area contributed by atoms with Gasteiger partial charge in [0.2, 0.25) is 0 Å². The van der Waals surface area contributed by atoms with E-state index in [1.807, 2.05) is 0 Å². The van der Waals surface area contributed by atoms with E-state index in [2.05, 4.69) is 4.18 Å². The van der Waals surface area contributed by atoms with Gasteiger partial charge in [-0.3, -0.25) is 0 Å². The fourth-order valence-electron chi connectivity index (χ4n) is 1.16. The first kappa shape index (κ1) is 11.8. The molecule has 0 saturated heterocycles. The summed E-state index contributed by atoms with van der Waals surface area (Å²) in [5.41, 5.74) is -5.22. The third kappa shape index (κ3) is 2.21. The third-order valence-electron chi connectivity index (χ3n) is 1.92. The first-order valence-corrected chi connectivity index (χ1v) is 5.68. The van der Waals surface area contributed by atoms with E-state index >= 15 is 0 Å². The second-order valence-corrected chi connectivity index (χ2v) is 4.64. The van der Waals surface area contributed by atoms with Crippen molar-refractivity contribution >= 4 is 21.1 Å². The van der Waals surface area contributed by atoms with Crippen molar-refractivity contribution in [1.29, 1.82) is 0 Å². The molecular weight excluding hydrogens is 261 g/mol. The number of benzene rings is 1. The van der Waals surface area contributed by atoms with Gasteiger partial charge in [0.15, 0.2) is 0 Å². The zero-order valence-electron chi connectivity index (χ0n) is 8.06. The number of alkyl halides is 3. The second-order valence-electron chi connectivity index (χ2n) is 3.10. The molecule has 1 heterocycles. The summed E-state index contributed by atoms with van der Waals surface area (Å²) in [5, 5.41) is 0.627. The molecule has 1 aromatic carbocycles. The molecule has 1 aromatic heterocycles. The number of fused-ring (bicyclic) bond motifs is 1. The fourth-order valence-corrected chi connectivity index (χ4v) is 1.61. The van der Waals surface area contributed by atoms with Gasteiger partial charge in [0.25, 0.3) is 0 Å². The summed E-state index contributed by atoms with van der Waals surface area (Å²) in [6.45, 7) is 0. The number of hydrogen-bond donors (Lipinski definition) is 0. The van der Waals surface area contributed by atoms with Gasteiger partial charge >= 0.3 is 15.6 Å². The van der Waals surface area contributed by atoms with Crippen LogP contribution in [0.15, 0.2) is 34.9 Å². The molecular formula is C9H5F3O4S. The van der Waals surface area contributed by atoms with Gasteiger partial charge in [-0.25, -0.2) is 0 Å². The Kier molecular flexibility index (Phi) is 2.53. The Labute approximate surface area is 93.7 Å². The average molecular weight is 266 g/mol. The lowest BCUT2D eigenvalue weighted by atomic mass is 10.2. The Morgan fingerprint density at radius 3 is 2.53 bits per heavy atom. The minimum absolute atomic E-state index is 0.236. The minimum Gasteiger partial charge on any atom is -0.464 e. The van der Waals surface area contributed by atoms with Crippen LogP contribution in [0.5, 0.6) is 5.75 Å². The van der Waals surface area contributed by atoms with Crippen LogP contribution in [-0.4, -0.2) is 13.9 Å². The fraction of sp³-hybridized carbons (Fsp3) is 0.111. The molecule has 0 fully saturated rings. The minimum atomic E-state index is -5.64.